The van der Waals surface area contributed by atoms with Crippen LogP contribution < -0.4 is 0 Å². The number of piperidine rings is 1. The lowest BCUT2D eigenvalue weighted by atomic mass is 10.00. The highest BCUT2D eigenvalue weighted by atomic mass is 16.3. The van der Waals surface area contributed by atoms with Gasteiger partial charge in [0.15, 0.2) is 0 Å². The molecule has 3 atom stereocenters. The van der Waals surface area contributed by atoms with Gasteiger partial charge in [0.05, 0.1) is 6.10 Å². The van der Waals surface area contributed by atoms with Crippen LogP contribution in [-0.4, -0.2) is 29.1 Å². The molecule has 2 nitrogen and oxygen atoms in total. The minimum atomic E-state index is -0.331. The lowest BCUT2D eigenvalue weighted by molar-refractivity contribution is 0.0946. The Morgan fingerprint density at radius 3 is 2.50 bits per heavy atom. The number of likely N-dealkylation sites (tertiary alicyclic amines) is 1. The number of aliphatic hydroxyl groups excluding tert-OH is 1. The summed E-state index contributed by atoms with van der Waals surface area (Å²) in [6, 6.07) is 9.31. The second-order valence-corrected chi connectivity index (χ2v) is 7.14. The molecular formula is C18H27NO. The molecule has 2 bridgehead atoms. The summed E-state index contributed by atoms with van der Waals surface area (Å²) in [6.07, 6.45) is 4.89. The zero-order valence-electron chi connectivity index (χ0n) is 12.8. The summed E-state index contributed by atoms with van der Waals surface area (Å²) in [5, 5.41) is 10.4. The molecule has 2 heteroatoms. The number of aliphatic hydroxyl groups is 1. The second-order valence-electron chi connectivity index (χ2n) is 7.14. The lowest BCUT2D eigenvalue weighted by Crippen LogP contribution is -2.35. The third kappa shape index (κ3) is 3.07. The fourth-order valence-corrected chi connectivity index (χ4v) is 3.93. The Morgan fingerprint density at radius 2 is 1.95 bits per heavy atom. The van der Waals surface area contributed by atoms with Crippen molar-refractivity contribution >= 4 is 0 Å². The van der Waals surface area contributed by atoms with Gasteiger partial charge in [-0.05, 0) is 48.6 Å². The first-order valence-electron chi connectivity index (χ1n) is 8.12. The van der Waals surface area contributed by atoms with E-state index in [-0.39, 0.29) is 6.10 Å². The predicted molar refractivity (Wildman–Crippen MR) is 82.6 cm³/mol. The van der Waals surface area contributed by atoms with Crippen molar-refractivity contribution in [3.63, 3.8) is 0 Å². The molecule has 1 aromatic carbocycles. The van der Waals surface area contributed by atoms with Crippen LogP contribution in [0.25, 0.3) is 0 Å². The van der Waals surface area contributed by atoms with E-state index < -0.39 is 0 Å². The number of hydrogen-bond donors (Lipinski definition) is 1. The number of nitrogens with zero attached hydrogens (tertiary/aromatic N) is 1. The third-order valence-corrected chi connectivity index (χ3v) is 4.94. The zero-order valence-corrected chi connectivity index (χ0v) is 12.8. The summed E-state index contributed by atoms with van der Waals surface area (Å²) in [4.78, 5) is 2.50. The standard InChI is InChI=1S/C18H27NO/c1-13(2)9-14-3-6-16(7-4-14)18(20)12-19-11-15-5-8-17(19)10-15/h3-4,6-7,13,15,17-18,20H,5,8-12H2,1-2H3. The Hall–Kier alpha value is -0.860. The zero-order chi connectivity index (χ0) is 14.1. The smallest absolute Gasteiger partial charge is 0.0917 e. The molecule has 1 saturated heterocycles. The van der Waals surface area contributed by atoms with E-state index in [1.54, 1.807) is 0 Å². The van der Waals surface area contributed by atoms with Gasteiger partial charge in [0.1, 0.15) is 0 Å². The molecule has 3 rings (SSSR count). The van der Waals surface area contributed by atoms with E-state index in [4.69, 9.17) is 0 Å². The van der Waals surface area contributed by atoms with Crippen molar-refractivity contribution in [3.05, 3.63) is 35.4 Å². The van der Waals surface area contributed by atoms with Crippen LogP contribution in [0.1, 0.15) is 50.3 Å². The number of benzene rings is 1. The molecule has 20 heavy (non-hydrogen) atoms. The van der Waals surface area contributed by atoms with Crippen molar-refractivity contribution in [2.75, 3.05) is 13.1 Å². The number of fused-ring (bicyclic) bond motifs is 2. The van der Waals surface area contributed by atoms with Crippen LogP contribution in [0, 0.1) is 11.8 Å². The highest BCUT2D eigenvalue weighted by Gasteiger charge is 2.38. The van der Waals surface area contributed by atoms with Crippen LogP contribution >= 0.6 is 0 Å². The molecule has 1 saturated carbocycles. The van der Waals surface area contributed by atoms with E-state index in [2.05, 4.69) is 43.0 Å². The van der Waals surface area contributed by atoms with Crippen molar-refractivity contribution in [1.29, 1.82) is 0 Å². The van der Waals surface area contributed by atoms with Gasteiger partial charge < -0.3 is 5.11 Å². The minimum Gasteiger partial charge on any atom is -0.387 e. The van der Waals surface area contributed by atoms with Gasteiger partial charge in [-0.3, -0.25) is 4.90 Å². The Labute approximate surface area is 122 Å². The van der Waals surface area contributed by atoms with E-state index >= 15 is 0 Å². The Balaban J connectivity index is 1.58. The normalized spacial score (nSPS) is 27.4. The van der Waals surface area contributed by atoms with Gasteiger partial charge in [-0.2, -0.15) is 0 Å². The first-order chi connectivity index (χ1) is 9.61. The molecule has 110 valence electrons. The number of rotatable bonds is 5. The monoisotopic (exact) mass is 273 g/mol. The maximum atomic E-state index is 10.4. The molecule has 0 amide bonds. The lowest BCUT2D eigenvalue weighted by Gasteiger charge is -2.29. The molecule has 2 aliphatic rings. The molecule has 1 aliphatic carbocycles. The van der Waals surface area contributed by atoms with Gasteiger partial charge in [0.25, 0.3) is 0 Å². The van der Waals surface area contributed by atoms with Crippen molar-refractivity contribution in [3.8, 4) is 0 Å². The van der Waals surface area contributed by atoms with Crippen molar-refractivity contribution in [2.45, 2.75) is 51.7 Å². The first-order valence-corrected chi connectivity index (χ1v) is 8.12. The van der Waals surface area contributed by atoms with Crippen molar-refractivity contribution in [1.82, 2.24) is 4.90 Å². The van der Waals surface area contributed by atoms with E-state index in [1.165, 1.54) is 31.4 Å². The van der Waals surface area contributed by atoms with E-state index in [1.807, 2.05) is 0 Å². The van der Waals surface area contributed by atoms with Crippen LogP contribution in [-0.2, 0) is 6.42 Å². The van der Waals surface area contributed by atoms with E-state index in [9.17, 15) is 5.11 Å². The summed E-state index contributed by atoms with van der Waals surface area (Å²) < 4.78 is 0. The summed E-state index contributed by atoms with van der Waals surface area (Å²) >= 11 is 0. The predicted octanol–water partition coefficient (Wildman–Crippen LogP) is 3.40. The molecule has 1 N–H and O–H groups in total. The number of hydrogen-bond acceptors (Lipinski definition) is 2. The van der Waals surface area contributed by atoms with Gasteiger partial charge in [-0.1, -0.05) is 38.1 Å². The molecule has 1 aromatic rings. The van der Waals surface area contributed by atoms with Crippen molar-refractivity contribution in [2.24, 2.45) is 11.8 Å². The minimum absolute atomic E-state index is 0.331. The van der Waals surface area contributed by atoms with Gasteiger partial charge in [-0.25, -0.2) is 0 Å². The first kappa shape index (κ1) is 14.1. The molecule has 1 aliphatic heterocycles. The topological polar surface area (TPSA) is 23.5 Å². The van der Waals surface area contributed by atoms with E-state index in [0.717, 1.165) is 30.5 Å². The van der Waals surface area contributed by atoms with Crippen LogP contribution in [0.3, 0.4) is 0 Å². The fourth-order valence-electron chi connectivity index (χ4n) is 3.93. The van der Waals surface area contributed by atoms with Gasteiger partial charge in [0, 0.05) is 19.1 Å². The van der Waals surface area contributed by atoms with Crippen LogP contribution in [0.15, 0.2) is 24.3 Å². The van der Waals surface area contributed by atoms with E-state index in [0.29, 0.717) is 5.92 Å². The molecule has 1 heterocycles. The third-order valence-electron chi connectivity index (χ3n) is 4.94. The second kappa shape index (κ2) is 5.87. The summed E-state index contributed by atoms with van der Waals surface area (Å²) in [7, 11) is 0. The quantitative estimate of drug-likeness (QED) is 0.889. The highest BCUT2D eigenvalue weighted by Crippen LogP contribution is 2.38. The average molecular weight is 273 g/mol. The average Bonchev–Trinajstić information content (AvgIpc) is 3.01. The van der Waals surface area contributed by atoms with Gasteiger partial charge in [0.2, 0.25) is 0 Å². The maximum absolute atomic E-state index is 10.4. The Kier molecular flexibility index (Phi) is 4.13. The largest absolute Gasteiger partial charge is 0.387 e. The summed E-state index contributed by atoms with van der Waals surface area (Å²) in [6.45, 7) is 6.49. The molecule has 0 radical (unpaired) electrons. The van der Waals surface area contributed by atoms with Crippen LogP contribution in [0.4, 0.5) is 0 Å². The van der Waals surface area contributed by atoms with Crippen molar-refractivity contribution < 1.29 is 5.11 Å². The summed E-state index contributed by atoms with van der Waals surface area (Å²) in [5.74, 6) is 1.59. The van der Waals surface area contributed by atoms with Crippen LogP contribution in [0.5, 0.6) is 0 Å². The Bertz CT molecular complexity index is 439. The fraction of sp³-hybridized carbons (Fsp3) is 0.667. The van der Waals surface area contributed by atoms with Gasteiger partial charge >= 0.3 is 0 Å². The molecule has 3 unspecified atom stereocenters. The van der Waals surface area contributed by atoms with Gasteiger partial charge in [-0.15, -0.1) is 0 Å². The SMILES string of the molecule is CC(C)Cc1ccc(C(O)CN2CC3CCC2C3)cc1. The highest BCUT2D eigenvalue weighted by molar-refractivity contribution is 5.24. The molecule has 2 fully saturated rings. The molecule has 0 aromatic heterocycles. The maximum Gasteiger partial charge on any atom is 0.0917 e. The summed E-state index contributed by atoms with van der Waals surface area (Å²) in [5.41, 5.74) is 2.44. The number of β-amino-alcohol motifs (C(OH)–C–C–N with tert-alkyl or cyclic N) is 1. The Morgan fingerprint density at radius 1 is 1.20 bits per heavy atom. The van der Waals surface area contributed by atoms with Crippen LogP contribution in [0.2, 0.25) is 0 Å². The molecular weight excluding hydrogens is 246 g/mol. The molecule has 0 spiro atoms.